The molecular weight excluding hydrogens is 242 g/mol. The molecule has 0 saturated carbocycles. The summed E-state index contributed by atoms with van der Waals surface area (Å²) in [4.78, 5) is 14.1. The van der Waals surface area contributed by atoms with Crippen molar-refractivity contribution in [2.75, 3.05) is 5.73 Å². The molecule has 96 valence electrons. The fourth-order valence-corrected chi connectivity index (χ4v) is 1.94. The molecule has 0 aliphatic rings. The van der Waals surface area contributed by atoms with Gasteiger partial charge in [0.25, 0.3) is 0 Å². The molecule has 0 aliphatic carbocycles. The maximum Gasteiger partial charge on any atom is 0.330 e. The number of hydrogen-bond donors (Lipinski definition) is 2. The van der Waals surface area contributed by atoms with Crippen LogP contribution in [0.5, 0.6) is 0 Å². The third kappa shape index (κ3) is 1.93. The summed E-state index contributed by atoms with van der Waals surface area (Å²) >= 11 is 0. The third-order valence-corrected chi connectivity index (χ3v) is 3.01. The van der Waals surface area contributed by atoms with Gasteiger partial charge in [-0.25, -0.2) is 4.79 Å². The number of benzene rings is 1. The Labute approximate surface area is 109 Å². The van der Waals surface area contributed by atoms with Gasteiger partial charge in [-0.15, -0.1) is 0 Å². The number of nitrogens with zero attached hydrogens (tertiary/aromatic N) is 3. The highest BCUT2D eigenvalue weighted by Crippen LogP contribution is 2.20. The van der Waals surface area contributed by atoms with Crippen molar-refractivity contribution in [3.63, 3.8) is 0 Å². The highest BCUT2D eigenvalue weighted by molar-refractivity contribution is 5.63. The summed E-state index contributed by atoms with van der Waals surface area (Å²) in [6.07, 6.45) is 3.30. The Morgan fingerprint density at radius 1 is 1.26 bits per heavy atom. The smallest absolute Gasteiger partial charge is 0.330 e. The number of nitrogens with two attached hydrogens (primary N) is 1. The number of imidazole rings is 1. The van der Waals surface area contributed by atoms with Crippen molar-refractivity contribution >= 4 is 5.82 Å². The van der Waals surface area contributed by atoms with Gasteiger partial charge in [0.05, 0.1) is 11.4 Å². The van der Waals surface area contributed by atoms with Gasteiger partial charge in [0.2, 0.25) is 0 Å². The van der Waals surface area contributed by atoms with E-state index in [2.05, 4.69) is 10.1 Å². The molecule has 3 rings (SSSR count). The number of aromatic nitrogens is 4. The largest absolute Gasteiger partial charge is 0.384 e. The predicted octanol–water partition coefficient (Wildman–Crippen LogP) is 1.15. The highest BCUT2D eigenvalue weighted by atomic mass is 16.1. The van der Waals surface area contributed by atoms with Crippen molar-refractivity contribution in [2.24, 2.45) is 7.05 Å². The van der Waals surface area contributed by atoms with Gasteiger partial charge in [0.1, 0.15) is 5.82 Å². The van der Waals surface area contributed by atoms with E-state index < -0.39 is 0 Å². The van der Waals surface area contributed by atoms with Crippen LogP contribution in [0.4, 0.5) is 5.82 Å². The fourth-order valence-electron chi connectivity index (χ4n) is 1.94. The lowest BCUT2D eigenvalue weighted by molar-refractivity contribution is 0.782. The molecule has 3 N–H and O–H groups in total. The fraction of sp³-hybridized carbons (Fsp3) is 0.0769. The lowest BCUT2D eigenvalue weighted by Gasteiger charge is -2.02. The van der Waals surface area contributed by atoms with E-state index in [1.54, 1.807) is 24.1 Å². The van der Waals surface area contributed by atoms with Crippen molar-refractivity contribution in [1.82, 2.24) is 19.3 Å². The quantitative estimate of drug-likeness (QED) is 0.720. The van der Waals surface area contributed by atoms with E-state index in [1.807, 2.05) is 30.3 Å². The van der Waals surface area contributed by atoms with Crippen LogP contribution in [-0.2, 0) is 7.05 Å². The van der Waals surface area contributed by atoms with Gasteiger partial charge in [0.15, 0.2) is 0 Å². The molecule has 6 heteroatoms. The molecule has 0 radical (unpaired) electrons. The van der Waals surface area contributed by atoms with Crippen molar-refractivity contribution in [2.45, 2.75) is 0 Å². The lowest BCUT2D eigenvalue weighted by atomic mass is 10.1. The van der Waals surface area contributed by atoms with E-state index >= 15 is 0 Å². The van der Waals surface area contributed by atoms with E-state index in [0.717, 1.165) is 16.9 Å². The van der Waals surface area contributed by atoms with Crippen molar-refractivity contribution < 1.29 is 0 Å². The first-order chi connectivity index (χ1) is 9.15. The van der Waals surface area contributed by atoms with Gasteiger partial charge < -0.3 is 10.7 Å². The molecule has 0 fully saturated rings. The number of nitrogens with one attached hydrogen (secondary N) is 1. The number of nitrogen functional groups attached to an aromatic ring is 1. The van der Waals surface area contributed by atoms with Crippen LogP contribution in [0.2, 0.25) is 0 Å². The number of rotatable bonds is 2. The molecule has 0 saturated heterocycles. The minimum atomic E-state index is -0.158. The first-order valence-electron chi connectivity index (χ1n) is 5.81. The highest BCUT2D eigenvalue weighted by Gasteiger charge is 2.05. The third-order valence-electron chi connectivity index (χ3n) is 3.01. The maximum atomic E-state index is 11.5. The first-order valence-corrected chi connectivity index (χ1v) is 5.81. The Morgan fingerprint density at radius 3 is 2.53 bits per heavy atom. The Hall–Kier alpha value is -2.76. The van der Waals surface area contributed by atoms with Crippen molar-refractivity contribution in [1.29, 1.82) is 0 Å². The predicted molar refractivity (Wildman–Crippen MR) is 73.0 cm³/mol. The van der Waals surface area contributed by atoms with Crippen molar-refractivity contribution in [3.8, 4) is 16.9 Å². The molecule has 0 bridgehead atoms. The first kappa shape index (κ1) is 11.3. The van der Waals surface area contributed by atoms with Crippen LogP contribution in [-0.4, -0.2) is 19.3 Å². The summed E-state index contributed by atoms with van der Waals surface area (Å²) in [6.45, 7) is 0. The molecule has 19 heavy (non-hydrogen) atoms. The van der Waals surface area contributed by atoms with Gasteiger partial charge >= 0.3 is 5.69 Å². The standard InChI is InChI=1S/C13H13N5O/c1-17-12(14)8-11(16-17)9-2-4-10(5-3-9)18-7-6-15-13(18)19/h2-8H,14H2,1H3,(H,15,19). The molecule has 2 heterocycles. The second-order valence-corrected chi connectivity index (χ2v) is 4.26. The minimum absolute atomic E-state index is 0.158. The summed E-state index contributed by atoms with van der Waals surface area (Å²) in [5.41, 5.74) is 8.17. The van der Waals surface area contributed by atoms with Crippen LogP contribution in [0.25, 0.3) is 16.9 Å². The maximum absolute atomic E-state index is 11.5. The normalized spacial score (nSPS) is 10.8. The lowest BCUT2D eigenvalue weighted by Crippen LogP contribution is -2.13. The van der Waals surface area contributed by atoms with Crippen LogP contribution < -0.4 is 11.4 Å². The molecule has 0 unspecified atom stereocenters. The average Bonchev–Trinajstić information content (AvgIpc) is 2.97. The van der Waals surface area contributed by atoms with E-state index in [1.165, 1.54) is 4.57 Å². The van der Waals surface area contributed by atoms with Gasteiger partial charge in [-0.3, -0.25) is 9.25 Å². The van der Waals surface area contributed by atoms with E-state index in [-0.39, 0.29) is 5.69 Å². The zero-order valence-electron chi connectivity index (χ0n) is 10.4. The summed E-state index contributed by atoms with van der Waals surface area (Å²) in [7, 11) is 1.80. The monoisotopic (exact) mass is 255 g/mol. The van der Waals surface area contributed by atoms with E-state index in [9.17, 15) is 4.79 Å². The van der Waals surface area contributed by atoms with Gasteiger partial charge in [-0.2, -0.15) is 5.10 Å². The van der Waals surface area contributed by atoms with Crippen LogP contribution in [0.1, 0.15) is 0 Å². The van der Waals surface area contributed by atoms with Gasteiger partial charge in [-0.05, 0) is 12.1 Å². The zero-order valence-corrected chi connectivity index (χ0v) is 10.4. The van der Waals surface area contributed by atoms with E-state index in [4.69, 9.17) is 5.73 Å². The van der Waals surface area contributed by atoms with Crippen LogP contribution in [0.3, 0.4) is 0 Å². The number of aromatic amines is 1. The molecular formula is C13H13N5O. The molecule has 2 aromatic heterocycles. The summed E-state index contributed by atoms with van der Waals surface area (Å²) in [5.74, 6) is 0.612. The number of aryl methyl sites for hydroxylation is 1. The van der Waals surface area contributed by atoms with Crippen LogP contribution >= 0.6 is 0 Å². The number of H-pyrrole nitrogens is 1. The van der Waals surface area contributed by atoms with E-state index in [0.29, 0.717) is 5.82 Å². The molecule has 0 amide bonds. The van der Waals surface area contributed by atoms with Gasteiger partial charge in [-0.1, -0.05) is 12.1 Å². The number of hydrogen-bond acceptors (Lipinski definition) is 3. The van der Waals surface area contributed by atoms with Crippen LogP contribution in [0, 0.1) is 0 Å². The Balaban J connectivity index is 1.99. The van der Waals surface area contributed by atoms with Crippen molar-refractivity contribution in [3.05, 3.63) is 53.2 Å². The zero-order chi connectivity index (χ0) is 13.4. The molecule has 0 atom stereocenters. The second kappa shape index (κ2) is 4.16. The average molecular weight is 255 g/mol. The topological polar surface area (TPSA) is 81.6 Å². The molecule has 6 nitrogen and oxygen atoms in total. The molecule has 0 aliphatic heterocycles. The Bertz CT molecular complexity index is 743. The second-order valence-electron chi connectivity index (χ2n) is 4.26. The number of anilines is 1. The summed E-state index contributed by atoms with van der Waals surface area (Å²) < 4.78 is 3.16. The Morgan fingerprint density at radius 2 is 2.00 bits per heavy atom. The van der Waals surface area contributed by atoms with Crippen LogP contribution in [0.15, 0.2) is 47.5 Å². The Kier molecular flexibility index (Phi) is 2.49. The summed E-state index contributed by atoms with van der Waals surface area (Å²) in [5, 5.41) is 4.31. The van der Waals surface area contributed by atoms with Gasteiger partial charge in [0, 0.05) is 31.1 Å². The minimum Gasteiger partial charge on any atom is -0.384 e. The SMILES string of the molecule is Cn1nc(-c2ccc(-n3cc[nH]c3=O)cc2)cc1N. The molecule has 0 spiro atoms. The summed E-state index contributed by atoms with van der Waals surface area (Å²) in [6, 6.07) is 9.38. The molecule has 3 aromatic rings. The molecule has 1 aromatic carbocycles.